The summed E-state index contributed by atoms with van der Waals surface area (Å²) in [6.45, 7) is 1.98. The van der Waals surface area contributed by atoms with Gasteiger partial charge in [0.15, 0.2) is 17.5 Å². The second kappa shape index (κ2) is 8.04. The number of fused-ring (bicyclic) bond motifs is 1. The number of carbonyl (C=O) groups excluding carboxylic acids is 1. The van der Waals surface area contributed by atoms with Gasteiger partial charge in [0.05, 0.1) is 19.8 Å². The number of nitrogens with two attached hydrogens (primary N) is 1. The average molecular weight is 344 g/mol. The number of anilines is 1. The maximum atomic E-state index is 11.7. The van der Waals surface area contributed by atoms with Gasteiger partial charge in [-0.2, -0.15) is 5.10 Å². The van der Waals surface area contributed by atoms with E-state index in [0.717, 1.165) is 17.9 Å². The summed E-state index contributed by atoms with van der Waals surface area (Å²) in [7, 11) is 0. The zero-order valence-corrected chi connectivity index (χ0v) is 13.6. The molecule has 0 fully saturated rings. The van der Waals surface area contributed by atoms with E-state index in [2.05, 4.69) is 25.8 Å². The van der Waals surface area contributed by atoms with Crippen LogP contribution < -0.4 is 25.8 Å². The van der Waals surface area contributed by atoms with Crippen molar-refractivity contribution in [2.45, 2.75) is 6.42 Å². The Morgan fingerprint density at radius 1 is 1.28 bits per heavy atom. The van der Waals surface area contributed by atoms with Gasteiger partial charge in [-0.1, -0.05) is 0 Å². The minimum Gasteiger partial charge on any atom is -0.490 e. The molecular weight excluding hydrogens is 324 g/mol. The number of nitrogens with one attached hydrogen (secondary N) is 3. The van der Waals surface area contributed by atoms with Crippen LogP contribution in [-0.2, 0) is 0 Å². The van der Waals surface area contributed by atoms with E-state index in [0.29, 0.717) is 37.7 Å². The molecule has 1 aromatic carbocycles. The largest absolute Gasteiger partial charge is 0.490 e. The third-order valence-electron chi connectivity index (χ3n) is 3.44. The van der Waals surface area contributed by atoms with E-state index in [9.17, 15) is 4.79 Å². The molecule has 0 radical (unpaired) electrons. The molecule has 25 heavy (non-hydrogen) atoms. The fourth-order valence-electron chi connectivity index (χ4n) is 2.25. The van der Waals surface area contributed by atoms with Crippen molar-refractivity contribution >= 4 is 17.6 Å². The number of H-pyrrole nitrogens is 1. The molecule has 1 amide bonds. The van der Waals surface area contributed by atoms with Crippen LogP contribution in [0, 0.1) is 0 Å². The highest BCUT2D eigenvalue weighted by atomic mass is 16.5. The van der Waals surface area contributed by atoms with Gasteiger partial charge in [0.1, 0.15) is 5.69 Å². The van der Waals surface area contributed by atoms with E-state index in [1.54, 1.807) is 6.07 Å². The summed E-state index contributed by atoms with van der Waals surface area (Å²) in [6.07, 6.45) is 2.37. The molecule has 5 N–H and O–H groups in total. The van der Waals surface area contributed by atoms with Crippen LogP contribution in [0.5, 0.6) is 11.5 Å². The van der Waals surface area contributed by atoms with Crippen molar-refractivity contribution in [1.82, 2.24) is 15.5 Å². The predicted molar refractivity (Wildman–Crippen MR) is 93.1 cm³/mol. The quantitative estimate of drug-likeness (QED) is 0.360. The van der Waals surface area contributed by atoms with Crippen molar-refractivity contribution < 1.29 is 14.3 Å². The lowest BCUT2D eigenvalue weighted by Crippen LogP contribution is -2.28. The molecule has 3 rings (SSSR count). The lowest BCUT2D eigenvalue weighted by Gasteiger charge is -2.10. The van der Waals surface area contributed by atoms with Gasteiger partial charge in [0, 0.05) is 30.9 Å². The van der Waals surface area contributed by atoms with Gasteiger partial charge in [-0.15, -0.1) is 0 Å². The monoisotopic (exact) mass is 344 g/mol. The second-order valence-electron chi connectivity index (χ2n) is 5.33. The summed E-state index contributed by atoms with van der Waals surface area (Å²) in [5.41, 5.74) is 7.02. The van der Waals surface area contributed by atoms with Gasteiger partial charge >= 0.3 is 0 Å². The number of carbonyl (C=O) groups is 1. The van der Waals surface area contributed by atoms with Crippen molar-refractivity contribution in [3.8, 4) is 11.5 Å². The van der Waals surface area contributed by atoms with Crippen LogP contribution in [0.3, 0.4) is 0 Å². The van der Waals surface area contributed by atoms with Crippen molar-refractivity contribution in [1.29, 1.82) is 0 Å². The molecule has 0 aliphatic carbocycles. The smallest absolute Gasteiger partial charge is 0.269 e. The van der Waals surface area contributed by atoms with Crippen LogP contribution in [0.15, 0.2) is 35.5 Å². The van der Waals surface area contributed by atoms with Crippen LogP contribution in [0.4, 0.5) is 5.69 Å². The van der Waals surface area contributed by atoms with Crippen molar-refractivity contribution in [2.75, 3.05) is 31.6 Å². The van der Waals surface area contributed by atoms with E-state index in [1.807, 2.05) is 18.2 Å². The normalized spacial score (nSPS) is 13.8. The molecular formula is C16H20N6O3. The zero-order valence-electron chi connectivity index (χ0n) is 13.6. The predicted octanol–water partition coefficient (Wildman–Crippen LogP) is 0.728. The number of nitrogens with zero attached hydrogens (tertiary/aromatic N) is 2. The molecule has 9 heteroatoms. The van der Waals surface area contributed by atoms with Gasteiger partial charge in [-0.05, 0) is 18.2 Å². The van der Waals surface area contributed by atoms with E-state index in [-0.39, 0.29) is 11.9 Å². The first kappa shape index (κ1) is 16.6. The van der Waals surface area contributed by atoms with Gasteiger partial charge in [0.25, 0.3) is 5.91 Å². The third kappa shape index (κ3) is 4.63. The van der Waals surface area contributed by atoms with Crippen LogP contribution in [-0.4, -0.2) is 48.4 Å². The summed E-state index contributed by atoms with van der Waals surface area (Å²) in [6, 6.07) is 7.10. The first-order valence-electron chi connectivity index (χ1n) is 7.96. The number of aliphatic imine (C=N–C) groups is 1. The first-order valence-corrected chi connectivity index (χ1v) is 7.96. The number of hydrogen-bond acceptors (Lipinski definition) is 5. The zero-order chi connectivity index (χ0) is 17.5. The van der Waals surface area contributed by atoms with E-state index >= 15 is 0 Å². The summed E-state index contributed by atoms with van der Waals surface area (Å²) >= 11 is 0. The Balaban J connectivity index is 1.48. The third-order valence-corrected chi connectivity index (χ3v) is 3.44. The molecule has 0 saturated carbocycles. The molecule has 0 spiro atoms. The van der Waals surface area contributed by atoms with Crippen molar-refractivity contribution in [3.05, 3.63) is 36.2 Å². The Labute approximate surface area is 144 Å². The number of aromatic nitrogens is 2. The molecule has 0 bridgehead atoms. The standard InChI is InChI=1S/C16H20N6O3/c17-16(19-7-6-18-15(23)12-4-5-20-22-12)21-11-2-3-13-14(10-11)25-9-1-8-24-13/h2-5,10H,1,6-9H2,(H,18,23)(H,20,22)(H3,17,19,21). The van der Waals surface area contributed by atoms with E-state index in [1.165, 1.54) is 6.20 Å². The fourth-order valence-corrected chi connectivity index (χ4v) is 2.25. The molecule has 2 aromatic rings. The highest BCUT2D eigenvalue weighted by Crippen LogP contribution is 2.32. The van der Waals surface area contributed by atoms with E-state index in [4.69, 9.17) is 15.2 Å². The summed E-state index contributed by atoms with van der Waals surface area (Å²) in [5.74, 6) is 1.43. The van der Waals surface area contributed by atoms with Crippen LogP contribution in [0.2, 0.25) is 0 Å². The Morgan fingerprint density at radius 3 is 2.92 bits per heavy atom. The molecule has 2 heterocycles. The number of guanidine groups is 1. The fraction of sp³-hybridized carbons (Fsp3) is 0.312. The maximum Gasteiger partial charge on any atom is 0.269 e. The van der Waals surface area contributed by atoms with E-state index < -0.39 is 0 Å². The number of ether oxygens (including phenoxy) is 2. The van der Waals surface area contributed by atoms with Gasteiger partial charge in [-0.25, -0.2) is 0 Å². The Bertz CT molecular complexity index is 744. The van der Waals surface area contributed by atoms with Gasteiger partial charge in [-0.3, -0.25) is 14.9 Å². The number of rotatable bonds is 5. The maximum absolute atomic E-state index is 11.7. The molecule has 0 atom stereocenters. The molecule has 0 unspecified atom stereocenters. The van der Waals surface area contributed by atoms with Crippen molar-refractivity contribution in [2.24, 2.45) is 10.7 Å². The lowest BCUT2D eigenvalue weighted by atomic mass is 10.3. The topological polar surface area (TPSA) is 127 Å². The molecule has 132 valence electrons. The highest BCUT2D eigenvalue weighted by Gasteiger charge is 2.11. The molecule has 1 aliphatic rings. The van der Waals surface area contributed by atoms with Crippen LogP contribution in [0.25, 0.3) is 0 Å². The van der Waals surface area contributed by atoms with Crippen LogP contribution >= 0.6 is 0 Å². The lowest BCUT2D eigenvalue weighted by molar-refractivity contribution is 0.0950. The second-order valence-corrected chi connectivity index (χ2v) is 5.33. The Hall–Kier alpha value is -3.23. The highest BCUT2D eigenvalue weighted by molar-refractivity contribution is 5.93. The number of aromatic amines is 1. The number of benzene rings is 1. The molecule has 1 aliphatic heterocycles. The molecule has 9 nitrogen and oxygen atoms in total. The minimum atomic E-state index is -0.234. The summed E-state index contributed by atoms with van der Waals surface area (Å²) < 4.78 is 11.2. The Morgan fingerprint density at radius 2 is 2.12 bits per heavy atom. The van der Waals surface area contributed by atoms with Gasteiger partial charge in [0.2, 0.25) is 0 Å². The molecule has 1 aromatic heterocycles. The minimum absolute atomic E-state index is 0.234. The molecule has 0 saturated heterocycles. The van der Waals surface area contributed by atoms with Gasteiger partial charge < -0.3 is 25.8 Å². The average Bonchev–Trinajstić information content (AvgIpc) is 3.05. The summed E-state index contributed by atoms with van der Waals surface area (Å²) in [4.78, 5) is 15.9. The first-order chi connectivity index (χ1) is 12.2. The number of hydrogen-bond donors (Lipinski definition) is 4. The number of amides is 1. The van der Waals surface area contributed by atoms with Crippen molar-refractivity contribution in [3.63, 3.8) is 0 Å². The Kier molecular flexibility index (Phi) is 5.35. The SMILES string of the molecule is NC(=NCCNC(=O)c1ccn[nH]1)Nc1ccc2c(c1)OCCCO2. The van der Waals surface area contributed by atoms with Crippen LogP contribution in [0.1, 0.15) is 16.9 Å². The summed E-state index contributed by atoms with van der Waals surface area (Å²) in [5, 5.41) is 12.0.